The van der Waals surface area contributed by atoms with E-state index in [1.54, 1.807) is 6.07 Å². The van der Waals surface area contributed by atoms with Gasteiger partial charge in [-0.3, -0.25) is 0 Å². The molecule has 0 saturated heterocycles. The van der Waals surface area contributed by atoms with Crippen molar-refractivity contribution in [1.82, 2.24) is 14.8 Å². The monoisotopic (exact) mass is 485 g/mol. The van der Waals surface area contributed by atoms with E-state index in [1.807, 2.05) is 0 Å². The molecule has 0 atom stereocenters. The average Bonchev–Trinajstić information content (AvgIpc) is 3.10. The molecule has 0 N–H and O–H groups in total. The second-order valence-electron chi connectivity index (χ2n) is 6.01. The van der Waals surface area contributed by atoms with Crippen LogP contribution in [-0.2, 0) is 20.8 Å². The van der Waals surface area contributed by atoms with Gasteiger partial charge in [0, 0.05) is 30.5 Å². The van der Waals surface area contributed by atoms with Crippen molar-refractivity contribution in [2.24, 2.45) is 0 Å². The molecule has 7 nitrogen and oxygen atoms in total. The van der Waals surface area contributed by atoms with E-state index < -0.39 is 29.4 Å². The van der Waals surface area contributed by atoms with Gasteiger partial charge < -0.3 is 4.74 Å². The lowest BCUT2D eigenvalue weighted by Gasteiger charge is -2.11. The van der Waals surface area contributed by atoms with Gasteiger partial charge in [0.05, 0.1) is 12.2 Å². The summed E-state index contributed by atoms with van der Waals surface area (Å²) in [5, 5.41) is 3.94. The second-order valence-corrected chi connectivity index (χ2v) is 6.93. The van der Waals surface area contributed by atoms with Crippen LogP contribution in [0.15, 0.2) is 34.8 Å². The molecular formula is C19H15BrF3N3O4. The summed E-state index contributed by atoms with van der Waals surface area (Å²) < 4.78 is 50.1. The van der Waals surface area contributed by atoms with E-state index >= 15 is 4.39 Å². The van der Waals surface area contributed by atoms with Crippen molar-refractivity contribution in [3.8, 4) is 23.1 Å². The maximum Gasteiger partial charge on any atom is 0.386 e. The third kappa shape index (κ3) is 4.62. The van der Waals surface area contributed by atoms with Crippen molar-refractivity contribution >= 4 is 21.9 Å². The lowest BCUT2D eigenvalue weighted by atomic mass is 10.1. The number of carbonyl (C=O) groups excluding carboxylic acids is 1. The van der Waals surface area contributed by atoms with Gasteiger partial charge in [-0.2, -0.15) is 4.98 Å². The molecular weight excluding hydrogens is 471 g/mol. The first-order chi connectivity index (χ1) is 14.3. The molecule has 0 aliphatic heterocycles. The summed E-state index contributed by atoms with van der Waals surface area (Å²) in [5.74, 6) is -3.33. The van der Waals surface area contributed by atoms with E-state index in [2.05, 4.69) is 30.9 Å². The molecule has 0 bridgehead atoms. The van der Waals surface area contributed by atoms with Gasteiger partial charge in [-0.05, 0) is 30.3 Å². The van der Waals surface area contributed by atoms with E-state index in [0.717, 1.165) is 23.7 Å². The lowest BCUT2D eigenvalue weighted by Crippen LogP contribution is -2.07. The number of halogens is 4. The van der Waals surface area contributed by atoms with Gasteiger partial charge in [-0.1, -0.05) is 15.9 Å². The number of rotatable bonds is 7. The van der Waals surface area contributed by atoms with Gasteiger partial charge in [0.15, 0.2) is 5.82 Å². The molecule has 0 aliphatic rings. The van der Waals surface area contributed by atoms with Crippen LogP contribution in [0, 0.1) is 17.5 Å². The molecule has 0 saturated carbocycles. The number of benzene rings is 2. The Bertz CT molecular complexity index is 1090. The molecule has 0 amide bonds. The molecule has 1 heterocycles. The number of ether oxygens (including phenoxy) is 1. The smallest absolute Gasteiger partial charge is 0.384 e. The summed E-state index contributed by atoms with van der Waals surface area (Å²) in [6.07, 6.45) is -0.0282. The zero-order chi connectivity index (χ0) is 21.8. The van der Waals surface area contributed by atoms with Gasteiger partial charge in [-0.25, -0.2) is 32.4 Å². The number of hydrogen-bond donors (Lipinski definition) is 0. The Labute approximate surface area is 177 Å². The van der Waals surface area contributed by atoms with Crippen molar-refractivity contribution < 1.29 is 32.5 Å². The highest BCUT2D eigenvalue weighted by Gasteiger charge is 2.23. The Kier molecular flexibility index (Phi) is 6.73. The highest BCUT2D eigenvalue weighted by molar-refractivity contribution is 9.10. The molecule has 0 radical (unpaired) electrons. The predicted molar refractivity (Wildman–Crippen MR) is 102 cm³/mol. The molecule has 3 rings (SSSR count). The number of methoxy groups -OCH3 is 1. The molecule has 0 spiro atoms. The van der Waals surface area contributed by atoms with Crippen molar-refractivity contribution in [3.05, 3.63) is 57.8 Å². The molecule has 30 heavy (non-hydrogen) atoms. The third-order valence-corrected chi connectivity index (χ3v) is 4.44. The maximum absolute atomic E-state index is 15.1. The molecule has 0 fully saturated rings. The molecule has 1 aromatic heterocycles. The van der Waals surface area contributed by atoms with Gasteiger partial charge in [-0.15, -0.1) is 5.10 Å². The summed E-state index contributed by atoms with van der Waals surface area (Å²) in [6.45, 7) is 1.18. The van der Waals surface area contributed by atoms with Gasteiger partial charge >= 0.3 is 12.0 Å². The minimum atomic E-state index is -0.905. The van der Waals surface area contributed by atoms with E-state index in [4.69, 9.17) is 9.62 Å². The minimum Gasteiger partial charge on any atom is -0.384 e. The Morgan fingerprint density at radius 2 is 1.93 bits per heavy atom. The number of nitrogens with zero attached hydrogens (tertiary/aromatic N) is 3. The first-order valence-corrected chi connectivity index (χ1v) is 9.35. The van der Waals surface area contributed by atoms with Crippen LogP contribution in [0.25, 0.3) is 17.1 Å². The predicted octanol–water partition coefficient (Wildman–Crippen LogP) is 4.16. The molecule has 3 aromatic rings. The quantitative estimate of drug-likeness (QED) is 0.369. The van der Waals surface area contributed by atoms with Crippen molar-refractivity contribution in [3.63, 3.8) is 0 Å². The van der Waals surface area contributed by atoms with E-state index in [-0.39, 0.29) is 35.7 Å². The number of aromatic nitrogens is 3. The van der Waals surface area contributed by atoms with Crippen molar-refractivity contribution in [1.29, 1.82) is 0 Å². The first-order valence-electron chi connectivity index (χ1n) is 8.55. The van der Waals surface area contributed by atoms with Crippen LogP contribution in [0.4, 0.5) is 13.2 Å². The zero-order valence-corrected chi connectivity index (χ0v) is 17.4. The minimum absolute atomic E-state index is 0.0282. The SMILES string of the molecule is COCCc1c(F)ccc(-c2nc(OOC(C)=O)nn2-c2ccc(Br)cc2F)c1F. The first kappa shape index (κ1) is 21.8. The van der Waals surface area contributed by atoms with Crippen LogP contribution in [0.1, 0.15) is 12.5 Å². The molecule has 11 heteroatoms. The van der Waals surface area contributed by atoms with Gasteiger partial charge in [0.25, 0.3) is 0 Å². The topological polar surface area (TPSA) is 75.5 Å². The van der Waals surface area contributed by atoms with E-state index in [0.29, 0.717) is 4.47 Å². The second kappa shape index (κ2) is 9.26. The summed E-state index contributed by atoms with van der Waals surface area (Å²) in [5.41, 5.74) is -0.460. The zero-order valence-electron chi connectivity index (χ0n) is 15.8. The normalized spacial score (nSPS) is 10.9. The average molecular weight is 486 g/mol. The van der Waals surface area contributed by atoms with Crippen LogP contribution < -0.4 is 4.89 Å². The lowest BCUT2D eigenvalue weighted by molar-refractivity contribution is -0.214. The molecule has 0 aliphatic carbocycles. The van der Waals surface area contributed by atoms with Gasteiger partial charge in [0.1, 0.15) is 23.1 Å². The Morgan fingerprint density at radius 3 is 2.60 bits per heavy atom. The van der Waals surface area contributed by atoms with E-state index in [1.165, 1.54) is 19.2 Å². The number of hydrogen-bond acceptors (Lipinski definition) is 6. The Balaban J connectivity index is 2.17. The Hall–Kier alpha value is -2.92. The standard InChI is InChI=1S/C19H15BrF3N3O4/c1-10(27)29-30-19-24-18(26(25-19)16-6-3-11(20)9-15(16)22)13-4-5-14(21)12(17(13)23)7-8-28-2/h3-6,9H,7-8H2,1-2H3. The largest absolute Gasteiger partial charge is 0.386 e. The molecule has 158 valence electrons. The van der Waals surface area contributed by atoms with Crippen LogP contribution in [0.5, 0.6) is 6.01 Å². The fraction of sp³-hybridized carbons (Fsp3) is 0.211. The molecule has 2 aromatic carbocycles. The van der Waals surface area contributed by atoms with Crippen LogP contribution >= 0.6 is 15.9 Å². The van der Waals surface area contributed by atoms with Gasteiger partial charge in [0.2, 0.25) is 0 Å². The van der Waals surface area contributed by atoms with E-state index in [9.17, 15) is 13.6 Å². The fourth-order valence-corrected chi connectivity index (χ4v) is 2.96. The molecule has 0 unspecified atom stereocenters. The number of carbonyl (C=O) groups is 1. The summed E-state index contributed by atoms with van der Waals surface area (Å²) in [4.78, 5) is 24.1. The third-order valence-electron chi connectivity index (χ3n) is 3.94. The summed E-state index contributed by atoms with van der Waals surface area (Å²) in [6, 6.07) is 5.84. The summed E-state index contributed by atoms with van der Waals surface area (Å²) in [7, 11) is 1.41. The summed E-state index contributed by atoms with van der Waals surface area (Å²) >= 11 is 3.15. The van der Waals surface area contributed by atoms with Crippen molar-refractivity contribution in [2.75, 3.05) is 13.7 Å². The van der Waals surface area contributed by atoms with Crippen LogP contribution in [0.3, 0.4) is 0 Å². The van der Waals surface area contributed by atoms with Crippen LogP contribution in [0.2, 0.25) is 0 Å². The van der Waals surface area contributed by atoms with Crippen LogP contribution in [-0.4, -0.2) is 34.5 Å². The highest BCUT2D eigenvalue weighted by atomic mass is 79.9. The fourth-order valence-electron chi connectivity index (χ4n) is 2.62. The van der Waals surface area contributed by atoms with Crippen molar-refractivity contribution in [2.45, 2.75) is 13.3 Å². The Morgan fingerprint density at radius 1 is 1.17 bits per heavy atom. The highest BCUT2D eigenvalue weighted by Crippen LogP contribution is 2.30. The maximum atomic E-state index is 15.1.